The Balaban J connectivity index is -0.0000000582. The molecule has 4 fully saturated rings. The zero-order chi connectivity index (χ0) is 84.8. The van der Waals surface area contributed by atoms with Gasteiger partial charge < -0.3 is 81.5 Å². The van der Waals surface area contributed by atoms with Crippen LogP contribution in [0.2, 0.25) is 0 Å². The molecule has 0 spiro atoms. The number of nitriles is 3. The largest absolute Gasteiger partial charge is 1.00 e. The van der Waals surface area contributed by atoms with Gasteiger partial charge in [-0.3, -0.25) is 38.4 Å². The molecule has 0 bridgehead atoms. The van der Waals surface area contributed by atoms with E-state index in [-0.39, 0.29) is 235 Å². The van der Waals surface area contributed by atoms with Gasteiger partial charge in [0.05, 0.1) is 103 Å². The van der Waals surface area contributed by atoms with E-state index in [4.69, 9.17) is 60.8 Å². The van der Waals surface area contributed by atoms with E-state index >= 15 is 0 Å². The quantitative estimate of drug-likeness (QED) is 0.0167. The number of hydrogen-bond acceptors (Lipinski definition) is 26. The van der Waals surface area contributed by atoms with E-state index in [9.17, 15) is 43.2 Å². The third kappa shape index (κ3) is 72.2. The molecular weight excluding hydrogens is 1610 g/mol. The van der Waals surface area contributed by atoms with Gasteiger partial charge in [0.2, 0.25) is 0 Å². The van der Waals surface area contributed by atoms with Crippen molar-refractivity contribution >= 4 is 109 Å². The van der Waals surface area contributed by atoms with Crippen LogP contribution in [0, 0.1) is 118 Å². The minimum Gasteiger partial charge on any atom is -0.184 e. The number of halogens is 1. The topological polar surface area (TPSA) is 406 Å². The number of hydrogen-bond donors (Lipinski definition) is 5. The maximum Gasteiger partial charge on any atom is 1.00 e. The minimum absolute atomic E-state index is 0. The Bertz CT molecular complexity index is 2990. The second-order valence-electron chi connectivity index (χ2n) is 26.9. The number of ether oxygens (including phenoxy) is 8. The molecule has 11 unspecified atom stereocenters. The van der Waals surface area contributed by atoms with Crippen LogP contribution in [-0.4, -0.2) is 192 Å². The van der Waals surface area contributed by atoms with Gasteiger partial charge in [-0.05, 0) is 106 Å². The monoisotopic (exact) mass is 1750 g/mol. The average molecular weight is 1750 g/mol. The Labute approximate surface area is 778 Å². The Kier molecular flexibility index (Phi) is 113. The molecule has 4 aliphatic heterocycles. The summed E-state index contributed by atoms with van der Waals surface area (Å²) in [4.78, 5) is 99.5. The van der Waals surface area contributed by atoms with E-state index in [0.29, 0.717) is 47.4 Å². The molecule has 34 heteroatoms. The fraction of sp³-hybridized carbons (Fsp3) is 0.634. The molecular formula is C82H140AlB2BrLi2N4NaO21PS-. The molecule has 4 heterocycles. The molecule has 0 aromatic heterocycles. The van der Waals surface area contributed by atoms with Crippen LogP contribution >= 0.6 is 21.8 Å². The van der Waals surface area contributed by atoms with Crippen molar-refractivity contribution in [3.63, 3.8) is 0 Å². The Morgan fingerprint density at radius 2 is 0.966 bits per heavy atom. The van der Waals surface area contributed by atoms with Crippen molar-refractivity contribution in [2.75, 3.05) is 88.5 Å². The number of rotatable bonds is 14. The van der Waals surface area contributed by atoms with Crippen LogP contribution in [0.4, 0.5) is 0 Å². The van der Waals surface area contributed by atoms with Crippen LogP contribution in [0.5, 0.6) is 0 Å². The maximum absolute atomic E-state index is 11.5. The van der Waals surface area contributed by atoms with Crippen molar-refractivity contribution in [1.82, 2.24) is 0 Å². The van der Waals surface area contributed by atoms with E-state index in [1.807, 2.05) is 140 Å². The van der Waals surface area contributed by atoms with Gasteiger partial charge in [-0.25, -0.2) is 0 Å². The second kappa shape index (κ2) is 88.1. The molecule has 6 rings (SSSR count). The summed E-state index contributed by atoms with van der Waals surface area (Å²) < 4.78 is 49.4. The third-order valence-electron chi connectivity index (χ3n) is 15.4. The number of carbonyl (C=O) groups excluding carboxylic acids is 9. The van der Waals surface area contributed by atoms with Crippen molar-refractivity contribution in [3.8, 4) is 18.2 Å². The number of esters is 8. The molecule has 645 valence electrons. The van der Waals surface area contributed by atoms with Gasteiger partial charge in [0.1, 0.15) is 26.1 Å². The summed E-state index contributed by atoms with van der Waals surface area (Å²) in [5, 5.41) is 59.9. The number of benzene rings is 2. The first kappa shape index (κ1) is 149. The number of allylic oxidation sites excluding steroid dienone is 3. The van der Waals surface area contributed by atoms with E-state index in [0.717, 1.165) is 37.6 Å². The van der Waals surface area contributed by atoms with Crippen molar-refractivity contribution < 1.29 is 187 Å². The van der Waals surface area contributed by atoms with E-state index in [2.05, 4.69) is 76.3 Å². The summed E-state index contributed by atoms with van der Waals surface area (Å²) in [7, 11) is 5.92. The molecule has 7 radical (unpaired) electrons. The normalized spacial score (nSPS) is 20.2. The summed E-state index contributed by atoms with van der Waals surface area (Å²) >= 11 is 5.75. The number of nitrogens with zero attached hydrogens (tertiary/aromatic N) is 3. The minimum atomic E-state index is -1.40. The molecule has 4 N–H and O–H groups in total. The van der Waals surface area contributed by atoms with Crippen LogP contribution in [0.15, 0.2) is 102 Å². The fourth-order valence-corrected chi connectivity index (χ4v) is 9.87. The molecule has 25 nitrogen and oxygen atoms in total. The number of carbonyl (C=O) groups is 9. The number of nitrogens with one attached hydrogen (secondary N) is 1. The van der Waals surface area contributed by atoms with E-state index in [1.54, 1.807) is 50.7 Å². The van der Waals surface area contributed by atoms with Gasteiger partial charge in [0.25, 0.3) is 0 Å². The van der Waals surface area contributed by atoms with E-state index in [1.165, 1.54) is 42.3 Å². The molecule has 2 aromatic carbocycles. The summed E-state index contributed by atoms with van der Waals surface area (Å²) in [5.74, 6) is -4.46. The van der Waals surface area contributed by atoms with Gasteiger partial charge in [0, 0.05) is 60.8 Å². The first-order valence-corrected chi connectivity index (χ1v) is 35.9. The number of aliphatic hydroxyl groups excluding tert-OH is 3. The summed E-state index contributed by atoms with van der Waals surface area (Å²) in [6.45, 7) is 35.8. The number of cyclic esters (lactones) is 4. The smallest absolute Gasteiger partial charge is 0.184 e. The van der Waals surface area contributed by atoms with Crippen molar-refractivity contribution in [2.24, 2.45) is 73.9 Å². The Morgan fingerprint density at radius 3 is 1.18 bits per heavy atom. The molecule has 116 heavy (non-hydrogen) atoms. The van der Waals surface area contributed by atoms with Crippen LogP contribution in [0.3, 0.4) is 0 Å². The average Bonchev–Trinajstić information content (AvgIpc) is 0.842. The summed E-state index contributed by atoms with van der Waals surface area (Å²) in [6, 6.07) is 28.2. The maximum atomic E-state index is 11.5. The molecule has 4 aliphatic rings. The van der Waals surface area contributed by atoms with Crippen molar-refractivity contribution in [2.45, 2.75) is 184 Å². The van der Waals surface area contributed by atoms with Crippen molar-refractivity contribution in [3.05, 3.63) is 103 Å². The Hall–Kier alpha value is -4.68. The SMILES string of the molecule is C.C.C.C.C/C=C/C1(C)COC(=O)C(C)C1.C/C=C\C1(C)COC(=O)C(C)C1.C=C(C)C#N.CC(C#N)CC(C)(CO)CO.CC1CC(C)(C=O)COC1=O.CC1CC(C)(CO)COC1=O.COC(=O)C(C)(CC(C)C#N)C(=O)OC.COC(=O)C(C)C(=O)OC.C[O-].Sc1ccccc1.[2H]PC.[B].[B].[Br-].[H-].[Li+].[Li+].[NH]=[Al].[Na+].[c-]1ccccc1. The number of methoxy groups -OCH3 is 4. The van der Waals surface area contributed by atoms with Gasteiger partial charge in [-0.1, -0.05) is 141 Å². The van der Waals surface area contributed by atoms with Gasteiger partial charge in [-0.2, -0.15) is 59.3 Å². The zero-order valence-corrected chi connectivity index (χ0v) is 77.8. The molecule has 0 saturated carbocycles. The third-order valence-corrected chi connectivity index (χ3v) is 15.7. The van der Waals surface area contributed by atoms with Crippen LogP contribution < -0.4 is 89.4 Å². The van der Waals surface area contributed by atoms with Crippen LogP contribution in [0.25, 0.3) is 0 Å². The number of thiol groups is 1. The second-order valence-corrected chi connectivity index (χ2v) is 27.4. The zero-order valence-electron chi connectivity index (χ0n) is 73.2. The van der Waals surface area contributed by atoms with Crippen LogP contribution in [0.1, 0.15) is 180 Å². The predicted molar refractivity (Wildman–Crippen MR) is 450 cm³/mol. The van der Waals surface area contributed by atoms with Gasteiger partial charge >= 0.3 is 135 Å². The predicted octanol–water partition coefficient (Wildman–Crippen LogP) is 0.875. The van der Waals surface area contributed by atoms with Gasteiger partial charge in [-0.15, -0.1) is 21.8 Å². The van der Waals surface area contributed by atoms with Crippen molar-refractivity contribution in [1.29, 1.82) is 21.4 Å². The molecule has 2 aromatic rings. The molecule has 0 amide bonds. The standard InChI is InChI=1S/C10H15NO4.2C10H16O2.C8H15NO2.C8H14O3.C8H12O3.C6H10O4.C6H6S.C6H5.C4H5N.CH3O.CH5P.4CH4.Al.2B.BrH.2Li.HN.Na.H/c1-7(6-11)5-10(2,8(12)14-3)9(13)15-4;2*1-4-5-10(3)6-8(2)9(11)12-7-10;1-7(4-9)3-8(2,5-10)6-11;2*1-6-3-8(2,4-9)5-11-7(6)10;1-4(5(7)9-2)6(8)10-3;7-6-4-2-1-3-5-6;1-2-4-6-5-3-1;1-4(2)3-5;2*1-2;;;;;;;;;;;;;/h7H,5H2,1-4H3;2*4-5,8H,6-7H2,1-3H3;7,10-11H,3,5-6H2,1-2H3;6,9H,3-5H2,1-2H3;4,6H,3,5H2,1-2H3;4H,1-3H3;1-5,7H;1-5H;1H2,2H3;1H3;2H2,1H3;4*1H4;;;;1H;;;1H;;/q;;;;;;;;-1;;-1;;;;;;;;;;2*+1;;+1;-1/p-1/b;5-4+;5-4-;;;;;;;;;;;;;;;;;;;;;;/i;;;;;;;;;;;2D;;;;;;;;;;;;;. The van der Waals surface area contributed by atoms with Crippen LogP contribution in [-0.2, 0) is 81.0 Å². The molecule has 4 saturated heterocycles. The Morgan fingerprint density at radius 1 is 0.672 bits per heavy atom. The summed E-state index contributed by atoms with van der Waals surface area (Å²) in [6.07, 6.45) is 12.9. The van der Waals surface area contributed by atoms with Gasteiger partial charge in [0.15, 0.2) is 11.3 Å². The molecule has 11 atom stereocenters. The fourth-order valence-electron chi connectivity index (χ4n) is 9.70. The first-order chi connectivity index (χ1) is 50.0. The first-order valence-electron chi connectivity index (χ1n) is 34.3. The summed E-state index contributed by atoms with van der Waals surface area (Å²) in [5.41, 5.74) is -1.90. The number of aliphatic hydroxyl groups is 3. The molecule has 0 aliphatic carbocycles. The van der Waals surface area contributed by atoms with E-state index < -0.39 is 52.0 Å². The number of aldehydes is 1.